The van der Waals surface area contributed by atoms with Gasteiger partial charge in [-0.25, -0.2) is 0 Å². The van der Waals surface area contributed by atoms with E-state index in [1.54, 1.807) is 12.1 Å². The van der Waals surface area contributed by atoms with Gasteiger partial charge in [-0.1, -0.05) is 0 Å². The summed E-state index contributed by atoms with van der Waals surface area (Å²) in [7, 11) is 0. The molecule has 0 bridgehead atoms. The lowest BCUT2D eigenvalue weighted by Gasteiger charge is -1.99. The molecule has 74 valence electrons. The first-order valence-corrected chi connectivity index (χ1v) is 4.06. The lowest BCUT2D eigenvalue weighted by atomic mass is 10.3. The predicted molar refractivity (Wildman–Crippen MR) is 52.7 cm³/mol. The number of nitrogens with zero attached hydrogens (tertiary/aromatic N) is 5. The van der Waals surface area contributed by atoms with Crippen LogP contribution in [0.3, 0.4) is 0 Å². The molecule has 0 saturated carbocycles. The second kappa shape index (κ2) is 3.26. The topological polar surface area (TPSA) is 119 Å². The standard InChI is InChI=1S/C8H7N7/c9-4-5-7(10)14-15(8(5)11)6-2-1-3-12-13-6/h1-3H,11H2,(H2,10,14). The fourth-order valence-electron chi connectivity index (χ4n) is 1.14. The molecule has 0 aliphatic carbocycles. The lowest BCUT2D eigenvalue weighted by molar-refractivity contribution is 0.826. The quantitative estimate of drug-likeness (QED) is 0.653. The van der Waals surface area contributed by atoms with Crippen LogP contribution in [0.2, 0.25) is 0 Å². The molecule has 7 nitrogen and oxygen atoms in total. The van der Waals surface area contributed by atoms with E-state index in [-0.39, 0.29) is 17.2 Å². The van der Waals surface area contributed by atoms with E-state index in [1.807, 2.05) is 6.07 Å². The molecule has 0 aliphatic rings. The van der Waals surface area contributed by atoms with Crippen molar-refractivity contribution in [1.29, 1.82) is 5.26 Å². The van der Waals surface area contributed by atoms with Crippen molar-refractivity contribution in [3.63, 3.8) is 0 Å². The van der Waals surface area contributed by atoms with Gasteiger partial charge in [0, 0.05) is 6.20 Å². The Hall–Kier alpha value is -2.62. The van der Waals surface area contributed by atoms with Gasteiger partial charge in [-0.2, -0.15) is 15.0 Å². The number of nitrogens with two attached hydrogens (primary N) is 2. The van der Waals surface area contributed by atoms with Gasteiger partial charge in [0.15, 0.2) is 11.6 Å². The smallest absolute Gasteiger partial charge is 0.178 e. The average Bonchev–Trinajstić information content (AvgIpc) is 2.55. The van der Waals surface area contributed by atoms with Crippen molar-refractivity contribution in [1.82, 2.24) is 20.0 Å². The van der Waals surface area contributed by atoms with Crippen molar-refractivity contribution in [3.8, 4) is 11.9 Å². The van der Waals surface area contributed by atoms with Gasteiger partial charge in [0.05, 0.1) is 0 Å². The third kappa shape index (κ3) is 1.34. The Morgan fingerprint density at radius 3 is 2.73 bits per heavy atom. The minimum atomic E-state index is 0.0839. The molecule has 0 atom stereocenters. The van der Waals surface area contributed by atoms with E-state index in [9.17, 15) is 0 Å². The molecule has 0 aliphatic heterocycles. The van der Waals surface area contributed by atoms with Crippen LogP contribution in [0.25, 0.3) is 5.82 Å². The third-order valence-corrected chi connectivity index (χ3v) is 1.84. The lowest BCUT2D eigenvalue weighted by Crippen LogP contribution is -2.05. The van der Waals surface area contributed by atoms with Gasteiger partial charge in [0.2, 0.25) is 0 Å². The summed E-state index contributed by atoms with van der Waals surface area (Å²) in [4.78, 5) is 0. The van der Waals surface area contributed by atoms with Crippen molar-refractivity contribution in [2.24, 2.45) is 0 Å². The first-order chi connectivity index (χ1) is 7.24. The SMILES string of the molecule is N#Cc1c(N)nn(-c2cccnn2)c1N. The largest absolute Gasteiger partial charge is 0.382 e. The van der Waals surface area contributed by atoms with E-state index in [4.69, 9.17) is 16.7 Å². The number of anilines is 2. The van der Waals surface area contributed by atoms with Crippen molar-refractivity contribution in [3.05, 3.63) is 23.9 Å². The third-order valence-electron chi connectivity index (χ3n) is 1.84. The maximum Gasteiger partial charge on any atom is 0.178 e. The normalized spacial score (nSPS) is 9.80. The molecule has 4 N–H and O–H groups in total. The monoisotopic (exact) mass is 201 g/mol. The molecule has 0 aromatic carbocycles. The van der Waals surface area contributed by atoms with Gasteiger partial charge >= 0.3 is 0 Å². The van der Waals surface area contributed by atoms with Crippen LogP contribution in [0, 0.1) is 11.3 Å². The zero-order valence-corrected chi connectivity index (χ0v) is 7.62. The number of nitriles is 1. The maximum absolute atomic E-state index is 8.76. The second-order valence-electron chi connectivity index (χ2n) is 2.75. The minimum Gasteiger partial charge on any atom is -0.382 e. The second-order valence-corrected chi connectivity index (χ2v) is 2.75. The molecule has 15 heavy (non-hydrogen) atoms. The fraction of sp³-hybridized carbons (Fsp3) is 0. The Morgan fingerprint density at radius 1 is 1.40 bits per heavy atom. The first kappa shape index (κ1) is 8.96. The fourth-order valence-corrected chi connectivity index (χ4v) is 1.14. The molecule has 2 heterocycles. The molecule has 0 fully saturated rings. The van der Waals surface area contributed by atoms with Crippen LogP contribution in [0.4, 0.5) is 11.6 Å². The van der Waals surface area contributed by atoms with Crippen LogP contribution in [-0.2, 0) is 0 Å². The van der Waals surface area contributed by atoms with Crippen molar-refractivity contribution >= 4 is 11.6 Å². The Balaban J connectivity index is 2.62. The van der Waals surface area contributed by atoms with E-state index in [1.165, 1.54) is 10.9 Å². The summed E-state index contributed by atoms with van der Waals surface area (Å²) in [5.74, 6) is 0.666. The molecule has 0 spiro atoms. The predicted octanol–water partition coefficient (Wildman–Crippen LogP) is -0.302. The Labute approximate surface area is 84.9 Å². The number of aromatic nitrogens is 4. The van der Waals surface area contributed by atoms with Crippen molar-refractivity contribution in [2.45, 2.75) is 0 Å². The maximum atomic E-state index is 8.76. The van der Waals surface area contributed by atoms with E-state index in [0.29, 0.717) is 5.82 Å². The summed E-state index contributed by atoms with van der Waals surface area (Å²) in [6.45, 7) is 0. The van der Waals surface area contributed by atoms with Gasteiger partial charge in [0.1, 0.15) is 17.5 Å². The number of nitrogen functional groups attached to an aromatic ring is 2. The van der Waals surface area contributed by atoms with E-state index < -0.39 is 0 Å². The minimum absolute atomic E-state index is 0.0839. The summed E-state index contributed by atoms with van der Waals surface area (Å²) < 4.78 is 1.28. The number of hydrogen-bond acceptors (Lipinski definition) is 6. The van der Waals surface area contributed by atoms with Crippen molar-refractivity contribution in [2.75, 3.05) is 11.5 Å². The molecule has 2 aromatic rings. The van der Waals surface area contributed by atoms with E-state index in [2.05, 4.69) is 15.3 Å². The first-order valence-electron chi connectivity index (χ1n) is 4.06. The van der Waals surface area contributed by atoms with E-state index >= 15 is 0 Å². The number of hydrogen-bond donors (Lipinski definition) is 2. The molecule has 7 heteroatoms. The average molecular weight is 201 g/mol. The van der Waals surface area contributed by atoms with Crippen LogP contribution in [0.5, 0.6) is 0 Å². The van der Waals surface area contributed by atoms with Crippen molar-refractivity contribution < 1.29 is 0 Å². The van der Waals surface area contributed by atoms with Crippen LogP contribution in [-0.4, -0.2) is 20.0 Å². The highest BCUT2D eigenvalue weighted by Crippen LogP contribution is 2.19. The highest BCUT2D eigenvalue weighted by atomic mass is 15.4. The van der Waals surface area contributed by atoms with Gasteiger partial charge in [-0.3, -0.25) is 0 Å². The van der Waals surface area contributed by atoms with Crippen LogP contribution in [0.15, 0.2) is 18.3 Å². The van der Waals surface area contributed by atoms with Crippen LogP contribution >= 0.6 is 0 Å². The molecular formula is C8H7N7. The number of rotatable bonds is 1. The summed E-state index contributed by atoms with van der Waals surface area (Å²) in [5, 5.41) is 20.1. The summed E-state index contributed by atoms with van der Waals surface area (Å²) >= 11 is 0. The van der Waals surface area contributed by atoms with Gasteiger partial charge in [-0.05, 0) is 12.1 Å². The molecule has 0 radical (unpaired) electrons. The zero-order chi connectivity index (χ0) is 10.8. The Kier molecular flexibility index (Phi) is 1.95. The summed E-state index contributed by atoms with van der Waals surface area (Å²) in [5.41, 5.74) is 11.3. The van der Waals surface area contributed by atoms with Gasteiger partial charge < -0.3 is 11.5 Å². The summed E-state index contributed by atoms with van der Waals surface area (Å²) in [6, 6.07) is 5.22. The van der Waals surface area contributed by atoms with Crippen LogP contribution < -0.4 is 11.5 Å². The van der Waals surface area contributed by atoms with Gasteiger partial charge in [0.25, 0.3) is 0 Å². The van der Waals surface area contributed by atoms with E-state index in [0.717, 1.165) is 0 Å². The molecule has 0 unspecified atom stereocenters. The molecular weight excluding hydrogens is 194 g/mol. The molecule has 2 rings (SSSR count). The Bertz CT molecular complexity index is 522. The molecule has 0 saturated heterocycles. The zero-order valence-electron chi connectivity index (χ0n) is 7.62. The summed E-state index contributed by atoms with van der Waals surface area (Å²) in [6.07, 6.45) is 1.53. The highest BCUT2D eigenvalue weighted by molar-refractivity contribution is 5.63. The molecule has 2 aromatic heterocycles. The molecule has 0 amide bonds. The highest BCUT2D eigenvalue weighted by Gasteiger charge is 2.14. The Morgan fingerprint density at radius 2 is 2.20 bits per heavy atom. The van der Waals surface area contributed by atoms with Crippen LogP contribution in [0.1, 0.15) is 5.56 Å². The van der Waals surface area contributed by atoms with Gasteiger partial charge in [-0.15, -0.1) is 10.2 Å².